The van der Waals surface area contributed by atoms with Gasteiger partial charge in [0.2, 0.25) is 0 Å². The molecule has 19 heavy (non-hydrogen) atoms. The van der Waals surface area contributed by atoms with E-state index < -0.39 is 0 Å². The standard InChI is InChI=1S/C15H25NO3/c17-14(13-3-1-2-7-16-13)12-4-8-19-15(11-12)5-9-18-10-6-15/h12-13,16H,1-11H2. The predicted molar refractivity (Wildman–Crippen MR) is 72.1 cm³/mol. The first-order valence-corrected chi connectivity index (χ1v) is 7.78. The number of nitrogens with one attached hydrogen (secondary N) is 1. The topological polar surface area (TPSA) is 47.6 Å². The Balaban J connectivity index is 1.62. The van der Waals surface area contributed by atoms with Crippen LogP contribution in [0.15, 0.2) is 0 Å². The zero-order valence-corrected chi connectivity index (χ0v) is 11.7. The third-order valence-electron chi connectivity index (χ3n) is 4.95. The van der Waals surface area contributed by atoms with Crippen LogP contribution in [0.1, 0.15) is 44.9 Å². The van der Waals surface area contributed by atoms with E-state index in [2.05, 4.69) is 5.32 Å². The van der Waals surface area contributed by atoms with Gasteiger partial charge in [0.1, 0.15) is 0 Å². The maximum atomic E-state index is 12.6. The Morgan fingerprint density at radius 2 is 1.95 bits per heavy atom. The molecule has 1 N–H and O–H groups in total. The van der Waals surface area contributed by atoms with E-state index in [0.717, 1.165) is 58.5 Å². The van der Waals surface area contributed by atoms with E-state index in [1.54, 1.807) is 0 Å². The van der Waals surface area contributed by atoms with Gasteiger partial charge in [-0.3, -0.25) is 4.79 Å². The summed E-state index contributed by atoms with van der Waals surface area (Å²) in [4.78, 5) is 12.6. The molecule has 4 heteroatoms. The summed E-state index contributed by atoms with van der Waals surface area (Å²) >= 11 is 0. The molecular weight excluding hydrogens is 242 g/mol. The van der Waals surface area contributed by atoms with Gasteiger partial charge in [-0.15, -0.1) is 0 Å². The lowest BCUT2D eigenvalue weighted by molar-refractivity contribution is -0.158. The van der Waals surface area contributed by atoms with E-state index in [0.29, 0.717) is 5.78 Å². The second kappa shape index (κ2) is 5.90. The molecule has 4 nitrogen and oxygen atoms in total. The fourth-order valence-electron chi connectivity index (χ4n) is 3.74. The third kappa shape index (κ3) is 3.01. The molecule has 3 aliphatic heterocycles. The smallest absolute Gasteiger partial charge is 0.153 e. The first-order chi connectivity index (χ1) is 9.29. The molecule has 3 heterocycles. The molecule has 3 rings (SSSR count). The van der Waals surface area contributed by atoms with Crippen LogP contribution in [0.3, 0.4) is 0 Å². The van der Waals surface area contributed by atoms with Crippen LogP contribution in [0.25, 0.3) is 0 Å². The molecule has 0 saturated carbocycles. The van der Waals surface area contributed by atoms with Crippen molar-refractivity contribution in [2.45, 2.75) is 56.6 Å². The number of Topliss-reactive ketones (excluding diaryl/α,β-unsaturated/α-hetero) is 1. The highest BCUT2D eigenvalue weighted by Gasteiger charge is 2.42. The Labute approximate surface area is 115 Å². The Bertz CT molecular complexity index is 314. The molecule has 108 valence electrons. The molecule has 0 radical (unpaired) electrons. The number of ether oxygens (including phenoxy) is 2. The minimum Gasteiger partial charge on any atom is -0.381 e. The van der Waals surface area contributed by atoms with Crippen LogP contribution in [0.2, 0.25) is 0 Å². The van der Waals surface area contributed by atoms with Gasteiger partial charge in [0.15, 0.2) is 5.78 Å². The highest BCUT2D eigenvalue weighted by Crippen LogP contribution is 2.38. The lowest BCUT2D eigenvalue weighted by atomic mass is 9.77. The first-order valence-electron chi connectivity index (χ1n) is 7.78. The van der Waals surface area contributed by atoms with Crippen molar-refractivity contribution in [1.29, 1.82) is 0 Å². The van der Waals surface area contributed by atoms with Crippen molar-refractivity contribution in [3.8, 4) is 0 Å². The summed E-state index contributed by atoms with van der Waals surface area (Å²) in [5.74, 6) is 0.635. The number of carbonyl (C=O) groups is 1. The van der Waals surface area contributed by atoms with Gasteiger partial charge in [0, 0.05) is 25.7 Å². The number of rotatable bonds is 2. The Morgan fingerprint density at radius 1 is 1.11 bits per heavy atom. The lowest BCUT2D eigenvalue weighted by Gasteiger charge is -2.43. The van der Waals surface area contributed by atoms with Crippen LogP contribution < -0.4 is 5.32 Å². The van der Waals surface area contributed by atoms with E-state index in [1.807, 2.05) is 0 Å². The summed E-state index contributed by atoms with van der Waals surface area (Å²) in [6.07, 6.45) is 7.13. The molecule has 0 bridgehead atoms. The predicted octanol–water partition coefficient (Wildman–Crippen LogP) is 1.67. The van der Waals surface area contributed by atoms with Gasteiger partial charge in [0.25, 0.3) is 0 Å². The van der Waals surface area contributed by atoms with Crippen molar-refractivity contribution in [1.82, 2.24) is 5.32 Å². The maximum absolute atomic E-state index is 12.6. The van der Waals surface area contributed by atoms with E-state index in [-0.39, 0.29) is 17.6 Å². The van der Waals surface area contributed by atoms with Crippen molar-refractivity contribution < 1.29 is 14.3 Å². The second-order valence-electron chi connectivity index (χ2n) is 6.24. The highest BCUT2D eigenvalue weighted by atomic mass is 16.5. The Morgan fingerprint density at radius 3 is 2.68 bits per heavy atom. The average Bonchev–Trinajstić information content (AvgIpc) is 2.48. The highest BCUT2D eigenvalue weighted by molar-refractivity contribution is 5.86. The van der Waals surface area contributed by atoms with Crippen LogP contribution in [0.5, 0.6) is 0 Å². The molecular formula is C15H25NO3. The molecule has 3 fully saturated rings. The van der Waals surface area contributed by atoms with Gasteiger partial charge in [-0.05, 0) is 45.1 Å². The summed E-state index contributed by atoms with van der Waals surface area (Å²) in [7, 11) is 0. The third-order valence-corrected chi connectivity index (χ3v) is 4.95. The van der Waals surface area contributed by atoms with E-state index in [9.17, 15) is 4.79 Å². The molecule has 3 saturated heterocycles. The first kappa shape index (κ1) is 13.5. The van der Waals surface area contributed by atoms with Gasteiger partial charge in [-0.2, -0.15) is 0 Å². The van der Waals surface area contributed by atoms with E-state index in [1.165, 1.54) is 12.8 Å². The maximum Gasteiger partial charge on any atom is 0.153 e. The van der Waals surface area contributed by atoms with Crippen molar-refractivity contribution in [2.75, 3.05) is 26.4 Å². The van der Waals surface area contributed by atoms with Crippen LogP contribution in [-0.2, 0) is 14.3 Å². The summed E-state index contributed by atoms with van der Waals surface area (Å²) in [6, 6.07) is 0.105. The summed E-state index contributed by atoms with van der Waals surface area (Å²) < 4.78 is 11.5. The van der Waals surface area contributed by atoms with Crippen molar-refractivity contribution in [2.24, 2.45) is 5.92 Å². The van der Waals surface area contributed by atoms with E-state index in [4.69, 9.17) is 9.47 Å². The second-order valence-corrected chi connectivity index (χ2v) is 6.24. The molecule has 0 aromatic rings. The Hall–Kier alpha value is -0.450. The zero-order chi connectivity index (χ0) is 13.1. The average molecular weight is 267 g/mol. The molecule has 1 spiro atoms. The fraction of sp³-hybridized carbons (Fsp3) is 0.933. The minimum absolute atomic E-state index is 0.0640. The molecule has 2 unspecified atom stereocenters. The fourth-order valence-corrected chi connectivity index (χ4v) is 3.74. The summed E-state index contributed by atoms with van der Waals surface area (Å²) in [5.41, 5.74) is -0.0640. The van der Waals surface area contributed by atoms with Crippen molar-refractivity contribution in [3.63, 3.8) is 0 Å². The van der Waals surface area contributed by atoms with Gasteiger partial charge >= 0.3 is 0 Å². The van der Waals surface area contributed by atoms with Gasteiger partial charge < -0.3 is 14.8 Å². The monoisotopic (exact) mass is 267 g/mol. The van der Waals surface area contributed by atoms with Crippen LogP contribution in [0.4, 0.5) is 0 Å². The quantitative estimate of drug-likeness (QED) is 0.827. The normalized spacial score (nSPS) is 35.2. The molecule has 0 aromatic carbocycles. The number of piperidine rings is 1. The number of hydrogen-bond acceptors (Lipinski definition) is 4. The van der Waals surface area contributed by atoms with Gasteiger partial charge in [-0.1, -0.05) is 6.42 Å². The van der Waals surface area contributed by atoms with E-state index >= 15 is 0 Å². The summed E-state index contributed by atoms with van der Waals surface area (Å²) in [6.45, 7) is 3.30. The zero-order valence-electron chi connectivity index (χ0n) is 11.7. The number of hydrogen-bond donors (Lipinski definition) is 1. The summed E-state index contributed by atoms with van der Waals surface area (Å²) in [5, 5.41) is 3.39. The molecule has 0 aliphatic carbocycles. The molecule has 0 aromatic heterocycles. The molecule has 0 amide bonds. The number of carbonyl (C=O) groups excluding carboxylic acids is 1. The minimum atomic E-state index is -0.0640. The van der Waals surface area contributed by atoms with Gasteiger partial charge in [-0.25, -0.2) is 0 Å². The van der Waals surface area contributed by atoms with Crippen molar-refractivity contribution >= 4 is 5.78 Å². The molecule has 2 atom stereocenters. The molecule has 3 aliphatic rings. The SMILES string of the molecule is O=C(C1CCOC2(CCOCC2)C1)C1CCCCN1. The van der Waals surface area contributed by atoms with Crippen LogP contribution in [-0.4, -0.2) is 43.8 Å². The lowest BCUT2D eigenvalue weighted by Crippen LogP contribution is -2.50. The number of ketones is 1. The van der Waals surface area contributed by atoms with Crippen LogP contribution in [0, 0.1) is 5.92 Å². The van der Waals surface area contributed by atoms with Crippen LogP contribution >= 0.6 is 0 Å². The van der Waals surface area contributed by atoms with Gasteiger partial charge in [0.05, 0.1) is 11.6 Å². The Kier molecular flexibility index (Phi) is 4.20. The largest absolute Gasteiger partial charge is 0.381 e. The van der Waals surface area contributed by atoms with Crippen molar-refractivity contribution in [3.05, 3.63) is 0 Å².